The summed E-state index contributed by atoms with van der Waals surface area (Å²) < 4.78 is 10.8. The monoisotopic (exact) mass is 374 g/mol. The van der Waals surface area contributed by atoms with Crippen LogP contribution in [-0.4, -0.2) is 17.3 Å². The third-order valence-corrected chi connectivity index (χ3v) is 4.63. The standard InChI is InChI=1S/C23H18O5/c1-13-3-8-20-19(9-13)21(15-10-16(24)12-17(25)11-15)22(23(26)28-20)14-4-6-18(27-2)7-5-14/h3-12,24-25H,1-2H3. The minimum absolute atomic E-state index is 0.0928. The van der Waals surface area contributed by atoms with E-state index in [0.29, 0.717) is 33.6 Å². The summed E-state index contributed by atoms with van der Waals surface area (Å²) in [5.74, 6) is 0.482. The van der Waals surface area contributed by atoms with Crippen molar-refractivity contribution in [3.63, 3.8) is 0 Å². The molecule has 28 heavy (non-hydrogen) atoms. The van der Waals surface area contributed by atoms with Crippen LogP contribution in [-0.2, 0) is 0 Å². The maximum Gasteiger partial charge on any atom is 0.344 e. The third kappa shape index (κ3) is 3.07. The molecule has 5 nitrogen and oxygen atoms in total. The van der Waals surface area contributed by atoms with E-state index in [0.717, 1.165) is 10.9 Å². The van der Waals surface area contributed by atoms with Gasteiger partial charge in [0.25, 0.3) is 0 Å². The average molecular weight is 374 g/mol. The zero-order valence-electron chi connectivity index (χ0n) is 15.4. The molecule has 0 unspecified atom stereocenters. The molecule has 0 fully saturated rings. The van der Waals surface area contributed by atoms with Gasteiger partial charge in [-0.25, -0.2) is 4.79 Å². The van der Waals surface area contributed by atoms with Crippen molar-refractivity contribution in [3.05, 3.63) is 76.6 Å². The number of ether oxygens (including phenoxy) is 1. The van der Waals surface area contributed by atoms with Crippen molar-refractivity contribution < 1.29 is 19.4 Å². The van der Waals surface area contributed by atoms with Gasteiger partial charge in [0.2, 0.25) is 0 Å². The van der Waals surface area contributed by atoms with Crippen LogP contribution < -0.4 is 10.4 Å². The van der Waals surface area contributed by atoms with Gasteiger partial charge < -0.3 is 19.4 Å². The Morgan fingerprint density at radius 2 is 1.50 bits per heavy atom. The summed E-state index contributed by atoms with van der Waals surface area (Å²) in [6, 6.07) is 16.9. The summed E-state index contributed by atoms with van der Waals surface area (Å²) >= 11 is 0. The molecule has 2 N–H and O–H groups in total. The normalized spacial score (nSPS) is 10.9. The average Bonchev–Trinajstić information content (AvgIpc) is 2.66. The Balaban J connectivity index is 2.13. The lowest BCUT2D eigenvalue weighted by Crippen LogP contribution is -2.06. The molecule has 0 atom stereocenters. The van der Waals surface area contributed by atoms with Crippen LogP contribution in [0.4, 0.5) is 0 Å². The smallest absolute Gasteiger partial charge is 0.344 e. The topological polar surface area (TPSA) is 79.9 Å². The molecule has 0 aliphatic carbocycles. The molecule has 1 aromatic heterocycles. The van der Waals surface area contributed by atoms with Crippen LogP contribution in [0.1, 0.15) is 5.56 Å². The predicted octanol–water partition coefficient (Wildman–Crippen LogP) is 4.86. The lowest BCUT2D eigenvalue weighted by Gasteiger charge is -2.14. The van der Waals surface area contributed by atoms with Crippen molar-refractivity contribution in [1.82, 2.24) is 0 Å². The van der Waals surface area contributed by atoms with Gasteiger partial charge in [0.15, 0.2) is 0 Å². The highest BCUT2D eigenvalue weighted by Gasteiger charge is 2.19. The first-order valence-corrected chi connectivity index (χ1v) is 8.71. The summed E-state index contributed by atoms with van der Waals surface area (Å²) in [6.45, 7) is 1.95. The first-order valence-electron chi connectivity index (χ1n) is 8.71. The lowest BCUT2D eigenvalue weighted by molar-refractivity contribution is 0.415. The van der Waals surface area contributed by atoms with Gasteiger partial charge >= 0.3 is 5.63 Å². The first kappa shape index (κ1) is 17.7. The minimum Gasteiger partial charge on any atom is -0.508 e. The van der Waals surface area contributed by atoms with E-state index in [9.17, 15) is 15.0 Å². The first-order chi connectivity index (χ1) is 13.5. The second-order valence-corrected chi connectivity index (χ2v) is 6.61. The molecular formula is C23H18O5. The third-order valence-electron chi connectivity index (χ3n) is 4.63. The van der Waals surface area contributed by atoms with Gasteiger partial charge in [0.1, 0.15) is 22.8 Å². The molecule has 140 valence electrons. The van der Waals surface area contributed by atoms with Crippen molar-refractivity contribution in [1.29, 1.82) is 0 Å². The van der Waals surface area contributed by atoms with Gasteiger partial charge in [0, 0.05) is 17.0 Å². The fraction of sp³-hybridized carbons (Fsp3) is 0.0870. The maximum atomic E-state index is 12.9. The van der Waals surface area contributed by atoms with Crippen molar-refractivity contribution in [2.24, 2.45) is 0 Å². The van der Waals surface area contributed by atoms with Crippen LogP contribution in [0.15, 0.2) is 69.9 Å². The van der Waals surface area contributed by atoms with Crippen molar-refractivity contribution in [3.8, 4) is 39.5 Å². The molecule has 4 aromatic rings. The number of rotatable bonds is 3. The number of benzene rings is 3. The highest BCUT2D eigenvalue weighted by Crippen LogP contribution is 2.39. The van der Waals surface area contributed by atoms with Gasteiger partial charge in [-0.2, -0.15) is 0 Å². The summed E-state index contributed by atoms with van der Waals surface area (Å²) in [7, 11) is 1.57. The molecule has 0 radical (unpaired) electrons. The van der Waals surface area contributed by atoms with E-state index in [2.05, 4.69) is 0 Å². The van der Waals surface area contributed by atoms with Crippen LogP contribution in [0.5, 0.6) is 17.2 Å². The molecule has 0 amide bonds. The predicted molar refractivity (Wildman–Crippen MR) is 108 cm³/mol. The van der Waals surface area contributed by atoms with E-state index in [4.69, 9.17) is 9.15 Å². The van der Waals surface area contributed by atoms with Crippen LogP contribution in [0, 0.1) is 6.92 Å². The van der Waals surface area contributed by atoms with E-state index in [1.165, 1.54) is 18.2 Å². The quantitative estimate of drug-likeness (QED) is 0.501. The van der Waals surface area contributed by atoms with Gasteiger partial charge in [0.05, 0.1) is 12.7 Å². The Morgan fingerprint density at radius 1 is 0.821 bits per heavy atom. The van der Waals surface area contributed by atoms with E-state index in [1.807, 2.05) is 19.1 Å². The van der Waals surface area contributed by atoms with Crippen molar-refractivity contribution >= 4 is 11.0 Å². The van der Waals surface area contributed by atoms with Gasteiger partial charge in [-0.05, 0) is 54.4 Å². The largest absolute Gasteiger partial charge is 0.508 e. The van der Waals surface area contributed by atoms with Crippen LogP contribution in [0.25, 0.3) is 33.2 Å². The maximum absolute atomic E-state index is 12.9. The molecule has 0 saturated heterocycles. The summed E-state index contributed by atoms with van der Waals surface area (Å²) in [5, 5.41) is 20.7. The van der Waals surface area contributed by atoms with Crippen molar-refractivity contribution in [2.45, 2.75) is 6.92 Å². The Labute approximate surface area is 161 Å². The van der Waals surface area contributed by atoms with Gasteiger partial charge in [-0.1, -0.05) is 23.8 Å². The number of aryl methyl sites for hydroxylation is 1. The van der Waals surface area contributed by atoms with E-state index in [-0.39, 0.29) is 11.5 Å². The Kier molecular flexibility index (Phi) is 4.28. The SMILES string of the molecule is COc1ccc(-c2c(-c3cc(O)cc(O)c3)c3cc(C)ccc3oc2=O)cc1. The number of methoxy groups -OCH3 is 1. The molecule has 0 saturated carbocycles. The van der Waals surface area contributed by atoms with Crippen LogP contribution in [0.3, 0.4) is 0 Å². The highest BCUT2D eigenvalue weighted by atomic mass is 16.5. The molecule has 0 bridgehead atoms. The van der Waals surface area contributed by atoms with Crippen LogP contribution >= 0.6 is 0 Å². The minimum atomic E-state index is -0.501. The second kappa shape index (κ2) is 6.78. The Bertz CT molecular complexity index is 1220. The molecule has 0 aliphatic heterocycles. The Hall–Kier alpha value is -3.73. The van der Waals surface area contributed by atoms with Gasteiger partial charge in [-0.15, -0.1) is 0 Å². The lowest BCUT2D eigenvalue weighted by atomic mass is 9.92. The summed E-state index contributed by atoms with van der Waals surface area (Å²) in [4.78, 5) is 12.9. The number of fused-ring (bicyclic) bond motifs is 1. The number of hydrogen-bond acceptors (Lipinski definition) is 5. The molecule has 0 spiro atoms. The van der Waals surface area contributed by atoms with Crippen LogP contribution in [0.2, 0.25) is 0 Å². The molecule has 5 heteroatoms. The van der Waals surface area contributed by atoms with E-state index >= 15 is 0 Å². The highest BCUT2D eigenvalue weighted by molar-refractivity contribution is 6.01. The fourth-order valence-electron chi connectivity index (χ4n) is 3.38. The number of phenolic OH excluding ortho intramolecular Hbond substituents is 2. The molecular weight excluding hydrogens is 356 g/mol. The number of hydrogen-bond donors (Lipinski definition) is 2. The van der Waals surface area contributed by atoms with E-state index in [1.54, 1.807) is 37.4 Å². The zero-order valence-corrected chi connectivity index (χ0v) is 15.4. The molecule has 4 rings (SSSR count). The fourth-order valence-corrected chi connectivity index (χ4v) is 3.38. The van der Waals surface area contributed by atoms with Gasteiger partial charge in [-0.3, -0.25) is 0 Å². The zero-order chi connectivity index (χ0) is 19.8. The van der Waals surface area contributed by atoms with Crippen molar-refractivity contribution in [2.75, 3.05) is 7.11 Å². The second-order valence-electron chi connectivity index (χ2n) is 6.61. The van der Waals surface area contributed by atoms with E-state index < -0.39 is 5.63 Å². The number of aromatic hydroxyl groups is 2. The summed E-state index contributed by atoms with van der Waals surface area (Å²) in [5.41, 5.74) is 3.04. The number of phenols is 2. The molecule has 0 aliphatic rings. The molecule has 1 heterocycles. The summed E-state index contributed by atoms with van der Waals surface area (Å²) in [6.07, 6.45) is 0. The molecule has 3 aromatic carbocycles. The Morgan fingerprint density at radius 3 is 2.14 bits per heavy atom.